The van der Waals surface area contributed by atoms with Crippen molar-refractivity contribution in [3.63, 3.8) is 0 Å². The van der Waals surface area contributed by atoms with Crippen LogP contribution in [-0.2, 0) is 22.4 Å². The van der Waals surface area contributed by atoms with Crippen molar-refractivity contribution in [2.75, 3.05) is 11.9 Å². The molecule has 186 valence electrons. The Kier molecular flexibility index (Phi) is 5.98. The number of carbonyl (C=O) groups excluding carboxylic acids is 2. The molecule has 2 aliphatic rings. The lowest BCUT2D eigenvalue weighted by molar-refractivity contribution is -0.133. The van der Waals surface area contributed by atoms with E-state index in [1.54, 1.807) is 30.5 Å². The molecule has 0 spiro atoms. The molecule has 1 aliphatic carbocycles. The third-order valence-corrected chi connectivity index (χ3v) is 6.58. The number of ketones is 2. The number of ether oxygens (including phenoxy) is 2. The molecule has 0 saturated heterocycles. The number of hydrogen-bond acceptors (Lipinski definition) is 6. The van der Waals surface area contributed by atoms with Gasteiger partial charge >= 0.3 is 0 Å². The lowest BCUT2D eigenvalue weighted by Crippen LogP contribution is -2.41. The van der Waals surface area contributed by atoms with E-state index in [0.717, 1.165) is 0 Å². The molecule has 5 rings (SSSR count). The molecule has 0 radical (unpaired) electrons. The second-order valence-corrected chi connectivity index (χ2v) is 10.1. The molecular weight excluding hydrogens is 466 g/mol. The van der Waals surface area contributed by atoms with E-state index in [2.05, 4.69) is 10.3 Å². The zero-order valence-electron chi connectivity index (χ0n) is 20.1. The van der Waals surface area contributed by atoms with E-state index in [1.807, 2.05) is 13.8 Å². The van der Waals surface area contributed by atoms with Crippen molar-refractivity contribution in [2.24, 2.45) is 5.41 Å². The molecular formula is C28H26F2N2O4. The van der Waals surface area contributed by atoms with Crippen LogP contribution in [0, 0.1) is 17.0 Å². The van der Waals surface area contributed by atoms with E-state index in [4.69, 9.17) is 9.47 Å². The summed E-state index contributed by atoms with van der Waals surface area (Å²) in [4.78, 5) is 30.2. The summed E-state index contributed by atoms with van der Waals surface area (Å²) in [5.41, 5.74) is -0.206. The molecule has 0 amide bonds. The van der Waals surface area contributed by atoms with E-state index in [1.165, 1.54) is 24.3 Å². The van der Waals surface area contributed by atoms with Gasteiger partial charge in [-0.1, -0.05) is 18.2 Å². The first-order chi connectivity index (χ1) is 17.1. The van der Waals surface area contributed by atoms with Gasteiger partial charge in [0.05, 0.1) is 11.0 Å². The number of nitrogens with one attached hydrogen (secondary N) is 1. The fraction of sp³-hybridized carbons (Fsp3) is 0.321. The van der Waals surface area contributed by atoms with E-state index in [9.17, 15) is 18.4 Å². The summed E-state index contributed by atoms with van der Waals surface area (Å²) in [5, 5.41) is 3.26. The van der Waals surface area contributed by atoms with E-state index < -0.39 is 11.2 Å². The quantitative estimate of drug-likeness (QED) is 0.422. The molecule has 3 aromatic rings. The van der Waals surface area contributed by atoms with E-state index in [0.29, 0.717) is 47.9 Å². The van der Waals surface area contributed by atoms with E-state index in [-0.39, 0.29) is 41.5 Å². The molecule has 8 heteroatoms. The fourth-order valence-corrected chi connectivity index (χ4v) is 4.35. The summed E-state index contributed by atoms with van der Waals surface area (Å²) in [6, 6.07) is 11.6. The average Bonchev–Trinajstić information content (AvgIpc) is 3.64. The highest BCUT2D eigenvalue weighted by Gasteiger charge is 2.54. The summed E-state index contributed by atoms with van der Waals surface area (Å²) < 4.78 is 39.7. The Morgan fingerprint density at radius 3 is 2.31 bits per heavy atom. The maximum Gasteiger partial charge on any atom is 0.204 e. The molecule has 1 saturated carbocycles. The van der Waals surface area contributed by atoms with Gasteiger partial charge in [-0.15, -0.1) is 0 Å². The molecule has 2 heterocycles. The molecule has 36 heavy (non-hydrogen) atoms. The van der Waals surface area contributed by atoms with Crippen LogP contribution in [0.3, 0.4) is 0 Å². The molecule has 0 unspecified atom stereocenters. The number of benzene rings is 2. The van der Waals surface area contributed by atoms with Gasteiger partial charge < -0.3 is 14.8 Å². The third-order valence-electron chi connectivity index (χ3n) is 6.58. The predicted octanol–water partition coefficient (Wildman–Crippen LogP) is 5.44. The van der Waals surface area contributed by atoms with Gasteiger partial charge in [-0.25, -0.2) is 13.8 Å². The number of halogens is 2. The van der Waals surface area contributed by atoms with Gasteiger partial charge in [0, 0.05) is 25.1 Å². The molecule has 1 fully saturated rings. The Bertz CT molecular complexity index is 1330. The Morgan fingerprint density at radius 2 is 1.64 bits per heavy atom. The number of Topliss-reactive ketones (excluding diaryl/α,β-unsaturated/α-hetero) is 2. The highest BCUT2D eigenvalue weighted by atomic mass is 19.1. The Balaban J connectivity index is 1.26. The average molecular weight is 493 g/mol. The molecule has 2 aromatic carbocycles. The molecule has 1 N–H and O–H groups in total. The minimum atomic E-state index is -1.03. The molecule has 6 nitrogen and oxygen atoms in total. The Labute approximate surface area is 207 Å². The van der Waals surface area contributed by atoms with Crippen LogP contribution in [0.1, 0.15) is 37.8 Å². The second-order valence-electron chi connectivity index (χ2n) is 10.1. The van der Waals surface area contributed by atoms with Crippen LogP contribution >= 0.6 is 0 Å². The van der Waals surface area contributed by atoms with E-state index >= 15 is 0 Å². The minimum absolute atomic E-state index is 0.0124. The van der Waals surface area contributed by atoms with Crippen LogP contribution in [0.2, 0.25) is 0 Å². The standard InChI is InChI=1S/C28H26F2N2O4/c1-27(2)16-35-25-22(9-12-31-26(25)32-27)36-21-8-5-18(13-20(21)30)15-24(34)28(10-11-28)23(33)14-17-3-6-19(29)7-4-17/h3-9,12-13H,10-11,14-16H2,1-2H3,(H,31,32). The van der Waals surface area contributed by atoms with Crippen LogP contribution < -0.4 is 14.8 Å². The lowest BCUT2D eigenvalue weighted by atomic mass is 9.88. The van der Waals surface area contributed by atoms with Gasteiger partial charge in [0.15, 0.2) is 34.7 Å². The third kappa shape index (κ3) is 4.80. The van der Waals surface area contributed by atoms with Crippen molar-refractivity contribution in [3.05, 3.63) is 77.5 Å². The second kappa shape index (κ2) is 9.00. The number of nitrogens with zero attached hydrogens (tertiary/aromatic N) is 1. The van der Waals surface area contributed by atoms with Crippen LogP contribution in [0.15, 0.2) is 54.7 Å². The number of rotatable bonds is 8. The number of pyridine rings is 1. The van der Waals surface area contributed by atoms with Gasteiger partial charge in [0.2, 0.25) is 5.75 Å². The molecule has 1 aromatic heterocycles. The largest absolute Gasteiger partial charge is 0.484 e. The minimum Gasteiger partial charge on any atom is -0.484 e. The number of carbonyl (C=O) groups is 2. The summed E-state index contributed by atoms with van der Waals surface area (Å²) in [6.45, 7) is 4.35. The number of hydrogen-bond donors (Lipinski definition) is 1. The lowest BCUT2D eigenvalue weighted by Gasteiger charge is -2.33. The van der Waals surface area contributed by atoms with Crippen LogP contribution in [-0.4, -0.2) is 28.7 Å². The SMILES string of the molecule is CC1(C)COc2c(Oc3ccc(CC(=O)C4(C(=O)Cc5ccc(F)cc5)CC4)cc3F)ccnc2N1. The Morgan fingerprint density at radius 1 is 0.972 bits per heavy atom. The number of fused-ring (bicyclic) bond motifs is 1. The summed E-state index contributed by atoms with van der Waals surface area (Å²) in [7, 11) is 0. The predicted molar refractivity (Wildman–Crippen MR) is 129 cm³/mol. The first-order valence-electron chi connectivity index (χ1n) is 11.8. The van der Waals surface area contributed by atoms with Crippen molar-refractivity contribution < 1.29 is 27.8 Å². The van der Waals surface area contributed by atoms with Gasteiger partial charge in [-0.3, -0.25) is 9.59 Å². The smallest absolute Gasteiger partial charge is 0.204 e. The van der Waals surface area contributed by atoms with Crippen molar-refractivity contribution >= 4 is 17.4 Å². The van der Waals surface area contributed by atoms with Crippen molar-refractivity contribution in [1.29, 1.82) is 0 Å². The fourth-order valence-electron chi connectivity index (χ4n) is 4.35. The van der Waals surface area contributed by atoms with Gasteiger partial charge in [0.25, 0.3) is 0 Å². The summed E-state index contributed by atoms with van der Waals surface area (Å²) in [5.74, 6) is -0.174. The normalized spacial score (nSPS) is 16.8. The summed E-state index contributed by atoms with van der Waals surface area (Å²) >= 11 is 0. The highest BCUT2D eigenvalue weighted by Crippen LogP contribution is 2.49. The van der Waals surface area contributed by atoms with Gasteiger partial charge in [-0.05, 0) is 62.1 Å². The first kappa shape index (κ1) is 23.9. The van der Waals surface area contributed by atoms with Crippen LogP contribution in [0.4, 0.5) is 14.6 Å². The van der Waals surface area contributed by atoms with Gasteiger partial charge in [0.1, 0.15) is 12.4 Å². The zero-order valence-corrected chi connectivity index (χ0v) is 20.1. The monoisotopic (exact) mass is 492 g/mol. The topological polar surface area (TPSA) is 77.5 Å². The highest BCUT2D eigenvalue weighted by molar-refractivity contribution is 6.10. The van der Waals surface area contributed by atoms with Crippen molar-refractivity contribution in [2.45, 2.75) is 45.1 Å². The van der Waals surface area contributed by atoms with Crippen LogP contribution in [0.25, 0.3) is 0 Å². The number of anilines is 1. The maximum absolute atomic E-state index is 14.9. The Hall–Kier alpha value is -3.81. The van der Waals surface area contributed by atoms with Crippen molar-refractivity contribution in [3.8, 4) is 17.2 Å². The van der Waals surface area contributed by atoms with Gasteiger partial charge in [-0.2, -0.15) is 0 Å². The number of aromatic nitrogens is 1. The summed E-state index contributed by atoms with van der Waals surface area (Å²) in [6.07, 6.45) is 2.52. The van der Waals surface area contributed by atoms with Crippen LogP contribution in [0.5, 0.6) is 17.2 Å². The van der Waals surface area contributed by atoms with Crippen molar-refractivity contribution in [1.82, 2.24) is 4.98 Å². The maximum atomic E-state index is 14.9. The first-order valence-corrected chi connectivity index (χ1v) is 11.8. The molecule has 0 atom stereocenters. The molecule has 0 bridgehead atoms. The zero-order chi connectivity index (χ0) is 25.5. The molecule has 1 aliphatic heterocycles.